The van der Waals surface area contributed by atoms with E-state index in [2.05, 4.69) is 25.3 Å². The molecule has 2 N–H and O–H groups in total. The summed E-state index contributed by atoms with van der Waals surface area (Å²) in [5.74, 6) is 0.210. The summed E-state index contributed by atoms with van der Waals surface area (Å²) >= 11 is 1.41. The van der Waals surface area contributed by atoms with Gasteiger partial charge in [-0.05, 0) is 55.3 Å². The summed E-state index contributed by atoms with van der Waals surface area (Å²) in [5, 5.41) is 3.00. The van der Waals surface area contributed by atoms with Crippen LogP contribution in [0.3, 0.4) is 0 Å². The molecule has 0 atom stereocenters. The molecular weight excluding hydrogens is 488 g/mol. The lowest BCUT2D eigenvalue weighted by Crippen LogP contribution is -2.15. The first-order valence-corrected chi connectivity index (χ1v) is 12.5. The molecule has 37 heavy (non-hydrogen) atoms. The molecule has 0 saturated carbocycles. The number of H-pyrrole nitrogens is 1. The molecule has 1 amide bonds. The first kappa shape index (κ1) is 22.8. The van der Waals surface area contributed by atoms with Crippen molar-refractivity contribution in [3.8, 4) is 10.4 Å². The number of nitrogens with zero attached hydrogens (tertiary/aromatic N) is 6. The number of benzene rings is 1. The maximum atomic E-state index is 13.2. The molecule has 10 nitrogen and oxygen atoms in total. The molecule has 0 spiro atoms. The Morgan fingerprint density at radius 1 is 1.03 bits per heavy atom. The van der Waals surface area contributed by atoms with E-state index in [1.165, 1.54) is 11.3 Å². The molecule has 6 rings (SSSR count). The lowest BCUT2D eigenvalue weighted by atomic mass is 10.2. The van der Waals surface area contributed by atoms with E-state index in [4.69, 9.17) is 4.98 Å². The molecule has 0 aliphatic carbocycles. The third-order valence-corrected chi connectivity index (χ3v) is 7.24. The van der Waals surface area contributed by atoms with Crippen LogP contribution in [0, 0.1) is 6.92 Å². The number of hydrogen-bond donors (Lipinski definition) is 2. The van der Waals surface area contributed by atoms with Crippen molar-refractivity contribution < 1.29 is 4.79 Å². The van der Waals surface area contributed by atoms with Crippen molar-refractivity contribution in [2.24, 2.45) is 0 Å². The van der Waals surface area contributed by atoms with E-state index in [1.807, 2.05) is 45.7 Å². The van der Waals surface area contributed by atoms with Gasteiger partial charge in [0.2, 0.25) is 5.95 Å². The molecule has 0 aliphatic rings. The molecule has 0 unspecified atom stereocenters. The fraction of sp³-hybridized carbons (Fsp3) is 0.154. The Kier molecular flexibility index (Phi) is 5.81. The van der Waals surface area contributed by atoms with Gasteiger partial charge in [0.15, 0.2) is 0 Å². The van der Waals surface area contributed by atoms with Gasteiger partial charge in [-0.25, -0.2) is 15.0 Å². The highest BCUT2D eigenvalue weighted by atomic mass is 32.1. The Hall–Kier alpha value is -4.64. The highest BCUT2D eigenvalue weighted by Gasteiger charge is 2.18. The lowest BCUT2D eigenvalue weighted by molar-refractivity contribution is 0.102. The van der Waals surface area contributed by atoms with Crippen LogP contribution < -0.4 is 10.9 Å². The van der Waals surface area contributed by atoms with E-state index >= 15 is 0 Å². The van der Waals surface area contributed by atoms with Gasteiger partial charge in [-0.3, -0.25) is 19.9 Å². The Morgan fingerprint density at radius 2 is 1.89 bits per heavy atom. The van der Waals surface area contributed by atoms with Crippen molar-refractivity contribution in [2.75, 3.05) is 5.32 Å². The molecule has 5 aromatic heterocycles. The first-order valence-electron chi connectivity index (χ1n) is 11.7. The highest BCUT2D eigenvalue weighted by Crippen LogP contribution is 2.29. The van der Waals surface area contributed by atoms with Gasteiger partial charge < -0.3 is 14.1 Å². The van der Waals surface area contributed by atoms with Crippen LogP contribution in [0.1, 0.15) is 21.8 Å². The minimum atomic E-state index is -0.233. The molecule has 0 saturated heterocycles. The number of amides is 1. The van der Waals surface area contributed by atoms with Crippen molar-refractivity contribution in [1.82, 2.24) is 34.1 Å². The average Bonchev–Trinajstić information content (AvgIpc) is 3.66. The number of rotatable bonds is 7. The van der Waals surface area contributed by atoms with E-state index in [9.17, 15) is 9.59 Å². The summed E-state index contributed by atoms with van der Waals surface area (Å²) < 4.78 is 4.00. The van der Waals surface area contributed by atoms with Gasteiger partial charge >= 0.3 is 0 Å². The Morgan fingerprint density at radius 3 is 2.70 bits per heavy atom. The van der Waals surface area contributed by atoms with Gasteiger partial charge in [-0.2, -0.15) is 0 Å². The SMILES string of the molecule is Cc1nc2cc3c(cc2[nH]c1=O)nc(NC(=O)c1ccc(-c2ccncc2)s1)n3CCCn1ccnc1. The topological polar surface area (TPSA) is 123 Å². The summed E-state index contributed by atoms with van der Waals surface area (Å²) in [7, 11) is 0. The van der Waals surface area contributed by atoms with Crippen LogP contribution in [0.25, 0.3) is 32.5 Å². The van der Waals surface area contributed by atoms with Crippen molar-refractivity contribution in [1.29, 1.82) is 0 Å². The number of hydrogen-bond acceptors (Lipinski definition) is 7. The zero-order chi connectivity index (χ0) is 25.4. The fourth-order valence-corrected chi connectivity index (χ4v) is 5.15. The number of thiophene rings is 1. The van der Waals surface area contributed by atoms with E-state index in [0.717, 1.165) is 28.9 Å². The number of fused-ring (bicyclic) bond motifs is 2. The Balaban J connectivity index is 1.35. The average molecular weight is 511 g/mol. The van der Waals surface area contributed by atoms with Crippen LogP contribution >= 0.6 is 11.3 Å². The second-order valence-corrected chi connectivity index (χ2v) is 9.69. The van der Waals surface area contributed by atoms with Gasteiger partial charge in [0.25, 0.3) is 11.5 Å². The zero-order valence-corrected chi connectivity index (χ0v) is 20.7. The zero-order valence-electron chi connectivity index (χ0n) is 19.9. The molecule has 184 valence electrons. The van der Waals surface area contributed by atoms with Gasteiger partial charge in [0.1, 0.15) is 5.69 Å². The van der Waals surface area contributed by atoms with Crippen LogP contribution in [0.5, 0.6) is 0 Å². The highest BCUT2D eigenvalue weighted by molar-refractivity contribution is 7.17. The Labute approximate surface area is 214 Å². The number of anilines is 1. The smallest absolute Gasteiger partial charge is 0.269 e. The number of carbonyl (C=O) groups excluding carboxylic acids is 1. The summed E-state index contributed by atoms with van der Waals surface area (Å²) in [6, 6.07) is 11.3. The number of pyridine rings is 1. The monoisotopic (exact) mass is 510 g/mol. The van der Waals surface area contributed by atoms with E-state index in [-0.39, 0.29) is 11.5 Å². The number of carbonyl (C=O) groups is 1. The molecule has 5 heterocycles. The number of nitrogens with one attached hydrogen (secondary N) is 2. The number of aryl methyl sites for hydroxylation is 3. The number of imidazole rings is 2. The summed E-state index contributed by atoms with van der Waals surface area (Å²) in [5.41, 5.74) is 3.93. The van der Waals surface area contributed by atoms with Crippen LogP contribution in [0.4, 0.5) is 5.95 Å². The van der Waals surface area contributed by atoms with Crippen LogP contribution in [-0.4, -0.2) is 40.0 Å². The Bertz CT molecular complexity index is 1780. The van der Waals surface area contributed by atoms with Crippen molar-refractivity contribution in [3.63, 3.8) is 0 Å². The number of aromatic amines is 1. The number of aromatic nitrogens is 7. The van der Waals surface area contributed by atoms with Crippen molar-refractivity contribution >= 4 is 45.3 Å². The second-order valence-electron chi connectivity index (χ2n) is 8.60. The van der Waals surface area contributed by atoms with Crippen LogP contribution in [0.2, 0.25) is 0 Å². The lowest BCUT2D eigenvalue weighted by Gasteiger charge is -2.10. The molecule has 0 fully saturated rings. The van der Waals surface area contributed by atoms with E-state index < -0.39 is 0 Å². The molecule has 0 aliphatic heterocycles. The van der Waals surface area contributed by atoms with Crippen molar-refractivity contribution in [2.45, 2.75) is 26.4 Å². The molecule has 0 radical (unpaired) electrons. The molecule has 6 aromatic rings. The second kappa shape index (κ2) is 9.43. The largest absolute Gasteiger partial charge is 0.337 e. The normalized spacial score (nSPS) is 11.4. The molecule has 11 heteroatoms. The van der Waals surface area contributed by atoms with Crippen LogP contribution in [0.15, 0.2) is 72.3 Å². The predicted octanol–water partition coefficient (Wildman–Crippen LogP) is 4.24. The molecule has 1 aromatic carbocycles. The molecule has 0 bridgehead atoms. The van der Waals surface area contributed by atoms with Crippen LogP contribution in [-0.2, 0) is 13.1 Å². The van der Waals surface area contributed by atoms with Gasteiger partial charge in [0, 0.05) is 42.8 Å². The van der Waals surface area contributed by atoms with E-state index in [1.54, 1.807) is 37.9 Å². The minimum absolute atomic E-state index is 0.233. The third kappa shape index (κ3) is 4.52. The standard InChI is InChI=1S/C26H22N8O2S/c1-16-24(35)30-18-13-20-21(14-19(18)29-16)34(11-2-10-33-12-9-28-15-33)26(31-20)32-25(36)23-4-3-22(37-23)17-5-7-27-8-6-17/h3-9,12-15H,2,10-11H2,1H3,(H,30,35)(H,31,32,36). The summed E-state index contributed by atoms with van der Waals surface area (Å²) in [4.78, 5) is 47.1. The van der Waals surface area contributed by atoms with Gasteiger partial charge in [0.05, 0.1) is 33.3 Å². The quantitative estimate of drug-likeness (QED) is 0.331. The predicted molar refractivity (Wildman–Crippen MR) is 143 cm³/mol. The van der Waals surface area contributed by atoms with Gasteiger partial charge in [-0.15, -0.1) is 11.3 Å². The van der Waals surface area contributed by atoms with Gasteiger partial charge in [-0.1, -0.05) is 0 Å². The van der Waals surface area contributed by atoms with E-state index in [0.29, 0.717) is 39.6 Å². The summed E-state index contributed by atoms with van der Waals surface area (Å²) in [6.45, 7) is 3.06. The maximum Gasteiger partial charge on any atom is 0.269 e. The fourth-order valence-electron chi connectivity index (χ4n) is 4.24. The third-order valence-electron chi connectivity index (χ3n) is 6.11. The first-order chi connectivity index (χ1) is 18.0. The molecular formula is C26H22N8O2S. The van der Waals surface area contributed by atoms with Crippen molar-refractivity contribution in [3.05, 3.63) is 88.4 Å². The minimum Gasteiger partial charge on any atom is -0.337 e. The maximum absolute atomic E-state index is 13.2. The summed E-state index contributed by atoms with van der Waals surface area (Å²) in [6.07, 6.45) is 9.71.